The molecule has 0 unspecified atom stereocenters. The average molecular weight is 435 g/mol. The summed E-state index contributed by atoms with van der Waals surface area (Å²) in [6.45, 7) is 0.988. The highest BCUT2D eigenvalue weighted by molar-refractivity contribution is 8.18. The van der Waals surface area contributed by atoms with E-state index in [1.807, 2.05) is 0 Å². The number of carbonyl (C=O) groups excluding carboxylic acids is 1. The molecule has 152 valence electrons. The molecule has 0 spiro atoms. The summed E-state index contributed by atoms with van der Waals surface area (Å²) in [4.78, 5) is 19.6. The number of aliphatic imine (C=N–C) groups is 1. The van der Waals surface area contributed by atoms with E-state index in [1.54, 1.807) is 55.5 Å². The number of nitrogens with zero attached hydrogens (tertiary/aromatic N) is 2. The molecule has 1 aliphatic rings. The lowest BCUT2D eigenvalue weighted by Gasteiger charge is -2.15. The molecule has 0 N–H and O–H groups in total. The molecule has 0 saturated carbocycles. The third-order valence-electron chi connectivity index (χ3n) is 4.12. The van der Waals surface area contributed by atoms with Crippen LogP contribution in [-0.2, 0) is 9.53 Å². The summed E-state index contributed by atoms with van der Waals surface area (Å²) in [5.74, 6) is 0.0247. The van der Waals surface area contributed by atoms with Crippen molar-refractivity contribution in [2.75, 3.05) is 27.4 Å². The largest absolute Gasteiger partial charge is 0.495 e. The minimum absolute atomic E-state index is 0.172. The van der Waals surface area contributed by atoms with E-state index >= 15 is 0 Å². The van der Waals surface area contributed by atoms with E-state index < -0.39 is 0 Å². The maximum atomic E-state index is 13.5. The first-order valence-electron chi connectivity index (χ1n) is 8.90. The number of ether oxygens (including phenoxy) is 2. The van der Waals surface area contributed by atoms with Crippen molar-refractivity contribution in [2.45, 2.75) is 6.42 Å². The second-order valence-corrected chi connectivity index (χ2v) is 7.60. The van der Waals surface area contributed by atoms with Crippen LogP contribution in [0.5, 0.6) is 5.75 Å². The molecular formula is C21H20ClFN2O3S. The van der Waals surface area contributed by atoms with Gasteiger partial charge >= 0.3 is 0 Å². The lowest BCUT2D eigenvalue weighted by atomic mass is 10.2. The average Bonchev–Trinajstić information content (AvgIpc) is 2.97. The van der Waals surface area contributed by atoms with Crippen LogP contribution in [0, 0.1) is 5.82 Å². The summed E-state index contributed by atoms with van der Waals surface area (Å²) in [5, 5.41) is 0.972. The second kappa shape index (κ2) is 9.91. The first-order chi connectivity index (χ1) is 14.0. The van der Waals surface area contributed by atoms with Crippen molar-refractivity contribution < 1.29 is 18.7 Å². The van der Waals surface area contributed by atoms with Gasteiger partial charge in [-0.2, -0.15) is 0 Å². The smallest absolute Gasteiger partial charge is 0.266 e. The third kappa shape index (κ3) is 5.38. The first kappa shape index (κ1) is 21.4. The molecule has 0 atom stereocenters. The van der Waals surface area contributed by atoms with Gasteiger partial charge in [-0.1, -0.05) is 23.7 Å². The Hall–Kier alpha value is -2.35. The number of carbonyl (C=O) groups is 1. The number of rotatable bonds is 7. The molecule has 3 rings (SSSR count). The van der Waals surface area contributed by atoms with Crippen LogP contribution in [0.2, 0.25) is 5.02 Å². The van der Waals surface area contributed by atoms with E-state index in [9.17, 15) is 9.18 Å². The Bertz CT molecular complexity index is 965. The van der Waals surface area contributed by atoms with Crippen LogP contribution < -0.4 is 4.74 Å². The van der Waals surface area contributed by atoms with Crippen LogP contribution in [0.1, 0.15) is 12.0 Å². The number of amides is 1. The number of thioether (sulfide) groups is 1. The lowest BCUT2D eigenvalue weighted by molar-refractivity contribution is -0.122. The summed E-state index contributed by atoms with van der Waals surface area (Å²) in [6, 6.07) is 11.3. The van der Waals surface area contributed by atoms with Gasteiger partial charge in [0.05, 0.1) is 22.7 Å². The summed E-state index contributed by atoms with van der Waals surface area (Å²) in [6.07, 6.45) is 2.33. The minimum atomic E-state index is -0.353. The minimum Gasteiger partial charge on any atom is -0.495 e. The predicted octanol–water partition coefficient (Wildman–Crippen LogP) is 5.13. The van der Waals surface area contributed by atoms with E-state index in [0.717, 1.165) is 0 Å². The quantitative estimate of drug-likeness (QED) is 0.448. The van der Waals surface area contributed by atoms with Gasteiger partial charge in [0.1, 0.15) is 11.6 Å². The molecule has 2 aromatic rings. The van der Waals surface area contributed by atoms with Crippen LogP contribution in [0.25, 0.3) is 6.08 Å². The number of hydrogen-bond donors (Lipinski definition) is 0. The van der Waals surface area contributed by atoms with Crippen molar-refractivity contribution in [3.63, 3.8) is 0 Å². The standard InChI is InChI=1S/C21H20ClFN2O3S/c1-27-10-4-9-25-20(26)19(12-14-5-3-6-15(23)11-14)29-21(25)24-16-7-8-18(28-2)17(22)13-16/h3,5-8,11-13H,4,9-10H2,1-2H3. The zero-order chi connectivity index (χ0) is 20.8. The topological polar surface area (TPSA) is 51.1 Å². The fourth-order valence-electron chi connectivity index (χ4n) is 2.74. The summed E-state index contributed by atoms with van der Waals surface area (Å²) < 4.78 is 23.8. The number of amidine groups is 1. The third-order valence-corrected chi connectivity index (χ3v) is 5.43. The number of benzene rings is 2. The molecule has 1 heterocycles. The predicted molar refractivity (Wildman–Crippen MR) is 115 cm³/mol. The Kier molecular flexibility index (Phi) is 7.30. The maximum Gasteiger partial charge on any atom is 0.266 e. The normalized spacial score (nSPS) is 16.8. The molecule has 0 bridgehead atoms. The van der Waals surface area contributed by atoms with Gasteiger partial charge in [-0.15, -0.1) is 0 Å². The molecule has 0 radical (unpaired) electrons. The molecule has 1 aliphatic heterocycles. The fourth-order valence-corrected chi connectivity index (χ4v) is 4.02. The first-order valence-corrected chi connectivity index (χ1v) is 10.1. The fraction of sp³-hybridized carbons (Fsp3) is 0.238. The molecule has 1 amide bonds. The Labute approximate surface area is 178 Å². The monoisotopic (exact) mass is 434 g/mol. The molecule has 1 fully saturated rings. The van der Waals surface area contributed by atoms with Crippen LogP contribution >= 0.6 is 23.4 Å². The van der Waals surface area contributed by atoms with Crippen molar-refractivity contribution in [1.29, 1.82) is 0 Å². The highest BCUT2D eigenvalue weighted by Crippen LogP contribution is 2.36. The van der Waals surface area contributed by atoms with Crippen molar-refractivity contribution in [2.24, 2.45) is 4.99 Å². The van der Waals surface area contributed by atoms with Gasteiger partial charge in [0.15, 0.2) is 5.17 Å². The molecule has 5 nitrogen and oxygen atoms in total. The van der Waals surface area contributed by atoms with Gasteiger partial charge < -0.3 is 9.47 Å². The van der Waals surface area contributed by atoms with Crippen molar-refractivity contribution in [3.05, 3.63) is 63.8 Å². The van der Waals surface area contributed by atoms with Crippen molar-refractivity contribution in [1.82, 2.24) is 4.90 Å². The zero-order valence-corrected chi connectivity index (χ0v) is 17.6. The highest BCUT2D eigenvalue weighted by Gasteiger charge is 2.33. The number of hydrogen-bond acceptors (Lipinski definition) is 5. The zero-order valence-electron chi connectivity index (χ0n) is 16.0. The Balaban J connectivity index is 1.92. The Morgan fingerprint density at radius 3 is 2.76 bits per heavy atom. The summed E-state index contributed by atoms with van der Waals surface area (Å²) >= 11 is 7.43. The van der Waals surface area contributed by atoms with Gasteiger partial charge in [0, 0.05) is 20.3 Å². The highest BCUT2D eigenvalue weighted by atomic mass is 35.5. The van der Waals surface area contributed by atoms with E-state index in [4.69, 9.17) is 21.1 Å². The van der Waals surface area contributed by atoms with E-state index in [1.165, 1.54) is 23.9 Å². The van der Waals surface area contributed by atoms with Crippen LogP contribution in [0.15, 0.2) is 52.4 Å². The Morgan fingerprint density at radius 2 is 2.07 bits per heavy atom. The molecule has 2 aromatic carbocycles. The van der Waals surface area contributed by atoms with Crippen LogP contribution in [0.3, 0.4) is 0 Å². The molecular weight excluding hydrogens is 415 g/mol. The molecule has 0 aromatic heterocycles. The maximum absolute atomic E-state index is 13.5. The SMILES string of the molecule is COCCCN1C(=O)C(=Cc2cccc(F)c2)SC1=Nc1ccc(OC)c(Cl)c1. The van der Waals surface area contributed by atoms with E-state index in [2.05, 4.69) is 4.99 Å². The van der Waals surface area contributed by atoms with Crippen LogP contribution in [0.4, 0.5) is 10.1 Å². The molecule has 1 saturated heterocycles. The van der Waals surface area contributed by atoms with Crippen LogP contribution in [-0.4, -0.2) is 43.3 Å². The number of methoxy groups -OCH3 is 2. The molecule has 29 heavy (non-hydrogen) atoms. The van der Waals surface area contributed by atoms with Gasteiger partial charge in [-0.25, -0.2) is 9.38 Å². The van der Waals surface area contributed by atoms with Gasteiger partial charge in [0.2, 0.25) is 0 Å². The van der Waals surface area contributed by atoms with Crippen molar-refractivity contribution >= 4 is 46.2 Å². The van der Waals surface area contributed by atoms with Gasteiger partial charge in [-0.3, -0.25) is 9.69 Å². The lowest BCUT2D eigenvalue weighted by Crippen LogP contribution is -2.30. The number of halogens is 2. The van der Waals surface area contributed by atoms with Gasteiger partial charge in [0.25, 0.3) is 5.91 Å². The van der Waals surface area contributed by atoms with Crippen molar-refractivity contribution in [3.8, 4) is 5.75 Å². The molecule has 8 heteroatoms. The van der Waals surface area contributed by atoms with Gasteiger partial charge in [-0.05, 0) is 60.2 Å². The van der Waals surface area contributed by atoms with E-state index in [-0.39, 0.29) is 11.7 Å². The summed E-state index contributed by atoms with van der Waals surface area (Å²) in [5.41, 5.74) is 1.22. The van der Waals surface area contributed by atoms with E-state index in [0.29, 0.717) is 51.7 Å². The Morgan fingerprint density at radius 1 is 1.24 bits per heavy atom. The summed E-state index contributed by atoms with van der Waals surface area (Å²) in [7, 11) is 3.16. The second-order valence-electron chi connectivity index (χ2n) is 6.18. The molecule has 0 aliphatic carbocycles.